The van der Waals surface area contributed by atoms with Crippen LogP contribution >= 0.6 is 0 Å². The minimum absolute atomic E-state index is 0.157. The zero-order chi connectivity index (χ0) is 27.5. The van der Waals surface area contributed by atoms with Crippen molar-refractivity contribution in [3.8, 4) is 18.1 Å². The lowest BCUT2D eigenvalue weighted by atomic mass is 10.00. The van der Waals surface area contributed by atoms with Gasteiger partial charge in [0, 0.05) is 31.9 Å². The maximum absolute atomic E-state index is 13.4. The van der Waals surface area contributed by atoms with E-state index in [4.69, 9.17) is 15.9 Å². The van der Waals surface area contributed by atoms with Crippen molar-refractivity contribution in [2.45, 2.75) is 70.7 Å². The molecule has 0 aliphatic carbocycles. The average Bonchev–Trinajstić information content (AvgIpc) is 2.90. The molecule has 9 nitrogen and oxygen atoms in total. The van der Waals surface area contributed by atoms with E-state index in [1.165, 1.54) is 4.90 Å². The number of ether oxygens (including phenoxy) is 2. The highest BCUT2D eigenvalue weighted by Gasteiger charge is 2.36. The Morgan fingerprint density at radius 2 is 1.92 bits per heavy atom. The third kappa shape index (κ3) is 8.80. The highest BCUT2D eigenvalue weighted by atomic mass is 16.6. The van der Waals surface area contributed by atoms with Gasteiger partial charge in [0.2, 0.25) is 11.8 Å². The van der Waals surface area contributed by atoms with E-state index < -0.39 is 23.8 Å². The summed E-state index contributed by atoms with van der Waals surface area (Å²) in [6.07, 6.45) is 10.4. The number of nitrogens with one attached hydrogen (secondary N) is 2. The van der Waals surface area contributed by atoms with Crippen LogP contribution in [0, 0.1) is 12.3 Å². The van der Waals surface area contributed by atoms with Crippen LogP contribution in [-0.4, -0.2) is 58.6 Å². The van der Waals surface area contributed by atoms with Gasteiger partial charge in [-0.1, -0.05) is 24.1 Å². The number of amides is 3. The van der Waals surface area contributed by atoms with Crippen molar-refractivity contribution in [2.24, 2.45) is 0 Å². The summed E-state index contributed by atoms with van der Waals surface area (Å²) < 4.78 is 11.0. The Hall–Kier alpha value is -4.06. The topological polar surface area (TPSA) is 110 Å². The third-order valence-electron chi connectivity index (χ3n) is 5.94. The van der Waals surface area contributed by atoms with Gasteiger partial charge in [-0.15, -0.1) is 6.42 Å². The predicted molar refractivity (Wildman–Crippen MR) is 143 cm³/mol. The highest BCUT2D eigenvalue weighted by molar-refractivity contribution is 5.91. The Morgan fingerprint density at radius 1 is 1.16 bits per heavy atom. The minimum atomic E-state index is -0.862. The number of likely N-dealkylation sites (tertiary alicyclic amines) is 1. The number of terminal acetylenes is 1. The van der Waals surface area contributed by atoms with Gasteiger partial charge in [0.1, 0.15) is 30.0 Å². The van der Waals surface area contributed by atoms with Crippen molar-refractivity contribution in [1.29, 1.82) is 0 Å². The Balaban J connectivity index is 1.74. The predicted octanol–water partition coefficient (Wildman–Crippen LogP) is 3.23. The first kappa shape index (κ1) is 28.5. The normalized spacial score (nSPS) is 16.1. The second-order valence-electron chi connectivity index (χ2n) is 10.2. The van der Waals surface area contributed by atoms with Crippen LogP contribution in [-0.2, 0) is 27.3 Å². The Kier molecular flexibility index (Phi) is 10.1. The first-order chi connectivity index (χ1) is 18.2. The second kappa shape index (κ2) is 13.5. The van der Waals surface area contributed by atoms with Gasteiger partial charge >= 0.3 is 6.09 Å². The smallest absolute Gasteiger partial charge is 0.410 e. The number of carbonyl (C=O) groups excluding carboxylic acids is 3. The van der Waals surface area contributed by atoms with Gasteiger partial charge in [-0.3, -0.25) is 19.5 Å². The van der Waals surface area contributed by atoms with Gasteiger partial charge in [0.25, 0.3) is 0 Å². The molecule has 3 amide bonds. The molecule has 202 valence electrons. The summed E-state index contributed by atoms with van der Waals surface area (Å²) >= 11 is 0. The molecule has 2 N–H and O–H groups in total. The molecule has 2 atom stereocenters. The molecule has 1 aromatic heterocycles. The summed E-state index contributed by atoms with van der Waals surface area (Å²) in [5.41, 5.74) is 0.984. The summed E-state index contributed by atoms with van der Waals surface area (Å²) in [5.74, 6) is 2.31. The van der Waals surface area contributed by atoms with E-state index in [0.717, 1.165) is 24.0 Å². The fourth-order valence-electron chi connectivity index (χ4n) is 4.12. The van der Waals surface area contributed by atoms with Crippen LogP contribution in [0.4, 0.5) is 4.79 Å². The van der Waals surface area contributed by atoms with Gasteiger partial charge in [-0.05, 0) is 69.4 Å². The van der Waals surface area contributed by atoms with Crippen LogP contribution in [0.3, 0.4) is 0 Å². The molecule has 38 heavy (non-hydrogen) atoms. The summed E-state index contributed by atoms with van der Waals surface area (Å²) in [6, 6.07) is 9.26. The molecule has 0 bridgehead atoms. The molecule has 1 aliphatic heterocycles. The monoisotopic (exact) mass is 520 g/mol. The molecular formula is C29H36N4O5. The van der Waals surface area contributed by atoms with E-state index in [1.54, 1.807) is 51.4 Å². The van der Waals surface area contributed by atoms with E-state index in [9.17, 15) is 14.4 Å². The fraction of sp³-hybridized carbons (Fsp3) is 0.448. The Morgan fingerprint density at radius 3 is 2.58 bits per heavy atom. The molecule has 1 aliphatic rings. The van der Waals surface area contributed by atoms with Gasteiger partial charge in [-0.2, -0.15) is 0 Å². The first-order valence-corrected chi connectivity index (χ1v) is 12.8. The van der Waals surface area contributed by atoms with Crippen molar-refractivity contribution < 1.29 is 23.9 Å². The van der Waals surface area contributed by atoms with E-state index in [2.05, 4.69) is 21.5 Å². The molecule has 2 aromatic rings. The van der Waals surface area contributed by atoms with Crippen LogP contribution in [0.2, 0.25) is 0 Å². The molecule has 0 unspecified atom stereocenters. The van der Waals surface area contributed by atoms with Crippen LogP contribution in [0.1, 0.15) is 51.2 Å². The first-order valence-electron chi connectivity index (χ1n) is 12.8. The van der Waals surface area contributed by atoms with Crippen molar-refractivity contribution in [3.05, 3.63) is 59.9 Å². The number of nitrogens with zero attached hydrogens (tertiary/aromatic N) is 2. The second-order valence-corrected chi connectivity index (χ2v) is 10.2. The van der Waals surface area contributed by atoms with E-state index >= 15 is 0 Å². The molecule has 0 radical (unpaired) electrons. The number of benzene rings is 1. The van der Waals surface area contributed by atoms with Crippen LogP contribution in [0.25, 0.3) is 0 Å². The van der Waals surface area contributed by atoms with Gasteiger partial charge in [0.15, 0.2) is 0 Å². The molecule has 9 heteroatoms. The number of aromatic nitrogens is 1. The van der Waals surface area contributed by atoms with Crippen LogP contribution < -0.4 is 15.4 Å². The van der Waals surface area contributed by atoms with E-state index in [-0.39, 0.29) is 31.4 Å². The lowest BCUT2D eigenvalue weighted by Crippen LogP contribution is -2.57. The molecular weight excluding hydrogens is 484 g/mol. The van der Waals surface area contributed by atoms with Gasteiger partial charge in [0.05, 0.1) is 0 Å². The van der Waals surface area contributed by atoms with Crippen LogP contribution in [0.5, 0.6) is 5.75 Å². The number of pyridine rings is 1. The maximum atomic E-state index is 13.4. The zero-order valence-corrected chi connectivity index (χ0v) is 22.2. The maximum Gasteiger partial charge on any atom is 0.410 e. The van der Waals surface area contributed by atoms with Crippen molar-refractivity contribution in [1.82, 2.24) is 20.5 Å². The average molecular weight is 521 g/mol. The number of carbonyl (C=O) groups is 3. The van der Waals surface area contributed by atoms with E-state index in [1.807, 2.05) is 18.2 Å². The minimum Gasteiger partial charge on any atom is -0.481 e. The van der Waals surface area contributed by atoms with Gasteiger partial charge in [-0.25, -0.2) is 4.79 Å². The summed E-state index contributed by atoms with van der Waals surface area (Å²) in [7, 11) is 0. The number of piperidine rings is 1. The quantitative estimate of drug-likeness (QED) is 0.492. The molecule has 0 spiro atoms. The van der Waals surface area contributed by atoms with Gasteiger partial charge < -0.3 is 20.1 Å². The van der Waals surface area contributed by atoms with Crippen molar-refractivity contribution in [3.63, 3.8) is 0 Å². The summed E-state index contributed by atoms with van der Waals surface area (Å²) in [4.78, 5) is 45.0. The van der Waals surface area contributed by atoms with Crippen LogP contribution in [0.15, 0.2) is 48.8 Å². The Bertz CT molecular complexity index is 1120. The standard InChI is InChI=1S/C29H36N4O5/c1-5-17-37-23-13-11-21(12-14-23)18-24(26(34)31-20-22-9-8-15-30-19-22)32-27(35)25-10-6-7-16-33(25)28(36)38-29(2,3)4/h1,8-9,11-15,19,24-25H,6-7,10,16-18,20H2,2-4H3,(H,31,34)(H,32,35)/t24-,25-/m0/s1. The molecule has 0 saturated carbocycles. The zero-order valence-electron chi connectivity index (χ0n) is 22.2. The third-order valence-corrected chi connectivity index (χ3v) is 5.94. The highest BCUT2D eigenvalue weighted by Crippen LogP contribution is 2.21. The molecule has 1 fully saturated rings. The number of hydrogen-bond donors (Lipinski definition) is 2. The summed E-state index contributed by atoms with van der Waals surface area (Å²) in [6.45, 7) is 6.21. The number of rotatable bonds is 9. The molecule has 2 heterocycles. The van der Waals surface area contributed by atoms with Crippen molar-refractivity contribution in [2.75, 3.05) is 13.2 Å². The molecule has 1 aromatic carbocycles. The fourth-order valence-corrected chi connectivity index (χ4v) is 4.12. The number of hydrogen-bond acceptors (Lipinski definition) is 6. The lowest BCUT2D eigenvalue weighted by molar-refractivity contribution is -0.132. The van der Waals surface area contributed by atoms with Crippen molar-refractivity contribution >= 4 is 17.9 Å². The largest absolute Gasteiger partial charge is 0.481 e. The Labute approximate surface area is 224 Å². The molecule has 1 saturated heterocycles. The van der Waals surface area contributed by atoms with E-state index in [0.29, 0.717) is 18.7 Å². The lowest BCUT2D eigenvalue weighted by Gasteiger charge is -2.36. The summed E-state index contributed by atoms with van der Waals surface area (Å²) in [5, 5.41) is 5.78. The molecule has 3 rings (SSSR count). The SMILES string of the molecule is C#CCOc1ccc(C[C@H](NC(=O)[C@@H]2CCCCN2C(=O)OC(C)(C)C)C(=O)NCc2cccnc2)cc1.